The summed E-state index contributed by atoms with van der Waals surface area (Å²) in [4.78, 5) is 8.08. The summed E-state index contributed by atoms with van der Waals surface area (Å²) in [6.07, 6.45) is 4.49. The van der Waals surface area contributed by atoms with Gasteiger partial charge in [0, 0.05) is 30.2 Å². The molecule has 17 heavy (non-hydrogen) atoms. The third-order valence-electron chi connectivity index (χ3n) is 2.91. The summed E-state index contributed by atoms with van der Waals surface area (Å²) < 4.78 is 0. The van der Waals surface area contributed by atoms with Gasteiger partial charge in [-0.1, -0.05) is 0 Å². The second kappa shape index (κ2) is 4.76. The minimum absolute atomic E-state index is 0.592. The van der Waals surface area contributed by atoms with Crippen molar-refractivity contribution in [2.45, 2.75) is 32.0 Å². The Kier molecular flexibility index (Phi) is 3.13. The van der Waals surface area contributed by atoms with Crippen LogP contribution in [0, 0.1) is 0 Å². The summed E-state index contributed by atoms with van der Waals surface area (Å²) in [6, 6.07) is 2.88. The van der Waals surface area contributed by atoms with Crippen molar-refractivity contribution >= 4 is 27.8 Å². The third kappa shape index (κ3) is 2.51. The van der Waals surface area contributed by atoms with Crippen molar-refractivity contribution < 1.29 is 0 Å². The Morgan fingerprint density at radius 3 is 2.94 bits per heavy atom. The average Bonchev–Trinajstić information content (AvgIpc) is 2.88. The van der Waals surface area contributed by atoms with E-state index < -0.39 is 0 Å². The fourth-order valence-corrected chi connectivity index (χ4v) is 3.36. The maximum Gasteiger partial charge on any atom is 0.186 e. The van der Waals surface area contributed by atoms with Crippen LogP contribution in [0.3, 0.4) is 0 Å². The molecule has 90 valence electrons. The van der Waals surface area contributed by atoms with Gasteiger partial charge in [0.2, 0.25) is 0 Å². The van der Waals surface area contributed by atoms with E-state index in [9.17, 15) is 0 Å². The number of rotatable bonds is 5. The van der Waals surface area contributed by atoms with Gasteiger partial charge < -0.3 is 10.6 Å². The van der Waals surface area contributed by atoms with Crippen LogP contribution in [0.2, 0.25) is 0 Å². The van der Waals surface area contributed by atoms with Crippen LogP contribution in [0.5, 0.6) is 0 Å². The molecule has 1 aliphatic carbocycles. The molecular formula is C12H15N3S2. The van der Waals surface area contributed by atoms with Gasteiger partial charge in [-0.15, -0.1) is 11.3 Å². The molecule has 3 nitrogen and oxygen atoms in total. The van der Waals surface area contributed by atoms with E-state index in [4.69, 9.17) is 5.73 Å². The monoisotopic (exact) mass is 265 g/mol. The van der Waals surface area contributed by atoms with Crippen molar-refractivity contribution in [2.75, 3.05) is 4.90 Å². The first-order valence-corrected chi connectivity index (χ1v) is 7.55. The smallest absolute Gasteiger partial charge is 0.186 e. The van der Waals surface area contributed by atoms with Crippen molar-refractivity contribution in [3.05, 3.63) is 33.5 Å². The first-order chi connectivity index (χ1) is 8.36. The zero-order valence-corrected chi connectivity index (χ0v) is 11.1. The Morgan fingerprint density at radius 1 is 1.47 bits per heavy atom. The van der Waals surface area contributed by atoms with E-state index in [0.29, 0.717) is 12.6 Å². The summed E-state index contributed by atoms with van der Waals surface area (Å²) in [5.74, 6) is 0. The largest absolute Gasteiger partial charge is 0.341 e. The first kappa shape index (κ1) is 11.2. The Labute approximate surface area is 109 Å². The molecule has 1 fully saturated rings. The summed E-state index contributed by atoms with van der Waals surface area (Å²) in [6.45, 7) is 1.57. The van der Waals surface area contributed by atoms with E-state index in [1.54, 1.807) is 22.7 Å². The molecule has 0 aliphatic heterocycles. The molecule has 0 radical (unpaired) electrons. The quantitative estimate of drug-likeness (QED) is 0.904. The summed E-state index contributed by atoms with van der Waals surface area (Å²) in [5.41, 5.74) is 7.03. The maximum absolute atomic E-state index is 5.64. The predicted molar refractivity (Wildman–Crippen MR) is 73.5 cm³/mol. The van der Waals surface area contributed by atoms with Crippen LogP contribution in [-0.2, 0) is 13.1 Å². The molecule has 5 heteroatoms. The van der Waals surface area contributed by atoms with Crippen LogP contribution in [0.15, 0.2) is 23.0 Å². The Bertz CT molecular complexity index is 474. The molecule has 0 spiro atoms. The van der Waals surface area contributed by atoms with Crippen molar-refractivity contribution in [1.82, 2.24) is 4.98 Å². The predicted octanol–water partition coefficient (Wildman–Crippen LogP) is 2.83. The summed E-state index contributed by atoms with van der Waals surface area (Å²) in [5, 5.41) is 5.47. The van der Waals surface area contributed by atoms with Crippen molar-refractivity contribution in [2.24, 2.45) is 5.73 Å². The van der Waals surface area contributed by atoms with Gasteiger partial charge in [-0.2, -0.15) is 11.3 Å². The zero-order chi connectivity index (χ0) is 11.7. The summed E-state index contributed by atoms with van der Waals surface area (Å²) >= 11 is 3.48. The van der Waals surface area contributed by atoms with Crippen molar-refractivity contribution in [3.63, 3.8) is 0 Å². The van der Waals surface area contributed by atoms with Crippen LogP contribution in [0.1, 0.15) is 23.3 Å². The highest BCUT2D eigenvalue weighted by Crippen LogP contribution is 2.35. The minimum atomic E-state index is 0.592. The topological polar surface area (TPSA) is 42.1 Å². The highest BCUT2D eigenvalue weighted by Gasteiger charge is 2.30. The van der Waals surface area contributed by atoms with Crippen molar-refractivity contribution in [3.8, 4) is 0 Å². The van der Waals surface area contributed by atoms with Gasteiger partial charge in [0.25, 0.3) is 0 Å². The molecule has 1 aliphatic rings. The zero-order valence-electron chi connectivity index (χ0n) is 9.50. The molecular weight excluding hydrogens is 250 g/mol. The maximum atomic E-state index is 5.64. The molecule has 0 aromatic carbocycles. The standard InChI is InChI=1S/C12H15N3S2/c13-5-11-6-14-12(17-11)15(10-1-2-10)7-9-3-4-16-8-9/h3-4,6,8,10H,1-2,5,7,13H2. The van der Waals surface area contributed by atoms with Gasteiger partial charge in [0.15, 0.2) is 5.13 Å². The second-order valence-corrected chi connectivity index (χ2v) is 6.18. The first-order valence-electron chi connectivity index (χ1n) is 5.79. The Morgan fingerprint density at radius 2 is 2.35 bits per heavy atom. The van der Waals surface area contributed by atoms with Gasteiger partial charge in [0.1, 0.15) is 0 Å². The molecule has 0 saturated heterocycles. The lowest BCUT2D eigenvalue weighted by atomic mass is 10.3. The summed E-state index contributed by atoms with van der Waals surface area (Å²) in [7, 11) is 0. The Balaban J connectivity index is 1.79. The highest BCUT2D eigenvalue weighted by atomic mass is 32.1. The highest BCUT2D eigenvalue weighted by molar-refractivity contribution is 7.15. The van der Waals surface area contributed by atoms with Gasteiger partial charge in [-0.25, -0.2) is 4.98 Å². The lowest BCUT2D eigenvalue weighted by Gasteiger charge is -2.20. The minimum Gasteiger partial charge on any atom is -0.341 e. The number of thiazole rings is 1. The molecule has 0 unspecified atom stereocenters. The van der Waals surface area contributed by atoms with Crippen LogP contribution >= 0.6 is 22.7 Å². The molecule has 2 heterocycles. The fraction of sp³-hybridized carbons (Fsp3) is 0.417. The van der Waals surface area contributed by atoms with E-state index in [1.807, 2.05) is 6.20 Å². The fourth-order valence-electron chi connectivity index (χ4n) is 1.84. The number of nitrogens with zero attached hydrogens (tertiary/aromatic N) is 2. The molecule has 2 aromatic heterocycles. The van der Waals surface area contributed by atoms with E-state index in [-0.39, 0.29) is 0 Å². The van der Waals surface area contributed by atoms with Crippen molar-refractivity contribution in [1.29, 1.82) is 0 Å². The van der Waals surface area contributed by atoms with E-state index in [0.717, 1.165) is 16.6 Å². The lowest BCUT2D eigenvalue weighted by Crippen LogP contribution is -2.24. The second-order valence-electron chi connectivity index (χ2n) is 4.30. The Hall–Kier alpha value is -0.910. The molecule has 1 saturated carbocycles. The van der Waals surface area contributed by atoms with Crippen LogP contribution < -0.4 is 10.6 Å². The van der Waals surface area contributed by atoms with E-state index in [1.165, 1.54) is 18.4 Å². The molecule has 0 atom stereocenters. The molecule has 2 aromatic rings. The van der Waals surface area contributed by atoms with E-state index >= 15 is 0 Å². The molecule has 0 amide bonds. The number of thiophene rings is 1. The van der Waals surface area contributed by atoms with Crippen LogP contribution in [-0.4, -0.2) is 11.0 Å². The molecule has 0 bridgehead atoms. The van der Waals surface area contributed by atoms with Gasteiger partial charge in [-0.05, 0) is 35.2 Å². The number of anilines is 1. The number of aromatic nitrogens is 1. The van der Waals surface area contributed by atoms with Gasteiger partial charge in [-0.3, -0.25) is 0 Å². The van der Waals surface area contributed by atoms with Gasteiger partial charge >= 0.3 is 0 Å². The third-order valence-corrected chi connectivity index (χ3v) is 4.70. The number of hydrogen-bond acceptors (Lipinski definition) is 5. The molecule has 3 rings (SSSR count). The van der Waals surface area contributed by atoms with E-state index in [2.05, 4.69) is 26.7 Å². The van der Waals surface area contributed by atoms with Crippen LogP contribution in [0.4, 0.5) is 5.13 Å². The lowest BCUT2D eigenvalue weighted by molar-refractivity contribution is 0.792. The average molecular weight is 265 g/mol. The molecule has 2 N–H and O–H groups in total. The normalized spacial score (nSPS) is 15.1. The number of hydrogen-bond donors (Lipinski definition) is 1. The SMILES string of the molecule is NCc1cnc(N(Cc2ccsc2)C2CC2)s1. The number of nitrogens with two attached hydrogens (primary N) is 1. The van der Waals surface area contributed by atoms with Crippen LogP contribution in [0.25, 0.3) is 0 Å². The van der Waals surface area contributed by atoms with Gasteiger partial charge in [0.05, 0.1) is 0 Å².